The monoisotopic (exact) mass is 1220 g/mol. The molecule has 394 valence electrons. The van der Waals surface area contributed by atoms with Gasteiger partial charge in [-0.1, -0.05) is 29.3 Å². The van der Waals surface area contributed by atoms with Gasteiger partial charge in [0.15, 0.2) is 36.1 Å². The topological polar surface area (TPSA) is 212 Å². The van der Waals surface area contributed by atoms with Crippen molar-refractivity contribution in [3.63, 3.8) is 0 Å². The standard InChI is InChI=1S/C23H15ClFN5O.C14H9BClFN2O2.C9H8BrN3O.C9H8BrN3/c1-29-11-16(10-27-29)14-7-15(13-30(31)12-14)19-9-22(20-8-17(24)4-5-21(20)25)28-23-18(19)3-2-6-26-23;16-8-3-4-12(17)10(6-8)13-7-11(15(20)21)9-2-1-5-18-14(9)19-13;1-12-4-8(3-11-12)7-2-9(10)6-13(14)5-7;1-13-6-8(4-12-13)7-2-9(10)5-11-3-7/h2-13H,1H3;1-7,20-21H;2-6H,1H3;2-6H,1H3. The normalized spacial score (nSPS) is 10.8. The average Bonchev–Trinajstić information content (AvgIpc) is 4.30. The van der Waals surface area contributed by atoms with Gasteiger partial charge in [0.05, 0.1) is 45.6 Å². The van der Waals surface area contributed by atoms with Gasteiger partial charge in [-0.3, -0.25) is 19.0 Å². The van der Waals surface area contributed by atoms with E-state index in [1.165, 1.54) is 73.4 Å². The summed E-state index contributed by atoms with van der Waals surface area (Å²) in [4.78, 5) is 21.3. The van der Waals surface area contributed by atoms with E-state index in [2.05, 4.69) is 72.1 Å². The lowest BCUT2D eigenvalue weighted by molar-refractivity contribution is -0.605. The van der Waals surface area contributed by atoms with Gasteiger partial charge in [0.25, 0.3) is 0 Å². The van der Waals surface area contributed by atoms with Crippen molar-refractivity contribution in [2.24, 2.45) is 21.1 Å². The average molecular weight is 1230 g/mol. The first-order valence-electron chi connectivity index (χ1n) is 23.4. The molecule has 0 saturated heterocycles. The van der Waals surface area contributed by atoms with Crippen LogP contribution in [-0.2, 0) is 21.1 Å². The second kappa shape index (κ2) is 24.5. The van der Waals surface area contributed by atoms with Crippen LogP contribution in [0.4, 0.5) is 8.78 Å². The Bertz CT molecular complexity index is 4150. The van der Waals surface area contributed by atoms with Crippen LogP contribution in [0, 0.1) is 22.0 Å². The number of halogens is 6. The Labute approximate surface area is 476 Å². The van der Waals surface area contributed by atoms with Gasteiger partial charge >= 0.3 is 7.12 Å². The van der Waals surface area contributed by atoms with Crippen molar-refractivity contribution in [2.75, 3.05) is 0 Å². The highest BCUT2D eigenvalue weighted by molar-refractivity contribution is 9.10. The van der Waals surface area contributed by atoms with Crippen molar-refractivity contribution in [1.29, 1.82) is 0 Å². The molecule has 2 N–H and O–H groups in total. The van der Waals surface area contributed by atoms with Crippen LogP contribution in [-0.4, -0.2) is 71.4 Å². The maximum atomic E-state index is 14.6. The van der Waals surface area contributed by atoms with E-state index >= 15 is 0 Å². The molecule has 0 aliphatic rings. The first-order chi connectivity index (χ1) is 37.9. The molecule has 0 unspecified atom stereocenters. The minimum Gasteiger partial charge on any atom is -0.619 e. The fraction of sp³-hybridized carbons (Fsp3) is 0.0545. The Balaban J connectivity index is 0.000000136. The molecule has 10 aromatic heterocycles. The quantitative estimate of drug-likeness (QED) is 0.0867. The van der Waals surface area contributed by atoms with Gasteiger partial charge in [0.2, 0.25) is 0 Å². The van der Waals surface area contributed by atoms with Gasteiger partial charge < -0.3 is 20.5 Å². The molecule has 0 radical (unpaired) electrons. The molecular weight excluding hydrogens is 1190 g/mol. The van der Waals surface area contributed by atoms with Crippen molar-refractivity contribution in [2.45, 2.75) is 0 Å². The number of hydrogen-bond acceptors (Lipinski definition) is 12. The second-order valence-electron chi connectivity index (χ2n) is 17.4. The van der Waals surface area contributed by atoms with Gasteiger partial charge in [0, 0.05) is 134 Å². The molecule has 0 fully saturated rings. The maximum Gasteiger partial charge on any atom is 0.489 e. The highest BCUT2D eigenvalue weighted by atomic mass is 79.9. The number of aryl methyl sites for hydroxylation is 3. The molecule has 0 amide bonds. The number of pyridine rings is 7. The molecule has 79 heavy (non-hydrogen) atoms. The predicted octanol–water partition coefficient (Wildman–Crippen LogP) is 10.3. The zero-order chi connectivity index (χ0) is 55.9. The number of fused-ring (bicyclic) bond motifs is 2. The maximum absolute atomic E-state index is 14.6. The second-order valence-corrected chi connectivity index (χ2v) is 20.1. The molecule has 2 aromatic carbocycles. The molecule has 12 aromatic rings. The first kappa shape index (κ1) is 55.4. The van der Waals surface area contributed by atoms with Gasteiger partial charge in [-0.25, -0.2) is 28.7 Å². The molecule has 17 nitrogen and oxygen atoms in total. The van der Waals surface area contributed by atoms with Crippen LogP contribution >= 0.6 is 55.1 Å². The molecule has 0 bridgehead atoms. The highest BCUT2D eigenvalue weighted by Crippen LogP contribution is 2.35. The van der Waals surface area contributed by atoms with Gasteiger partial charge in [-0.15, -0.1) is 0 Å². The highest BCUT2D eigenvalue weighted by Gasteiger charge is 2.20. The Morgan fingerprint density at radius 1 is 0.519 bits per heavy atom. The lowest BCUT2D eigenvalue weighted by Gasteiger charge is -2.11. The summed E-state index contributed by atoms with van der Waals surface area (Å²) >= 11 is 18.6. The van der Waals surface area contributed by atoms with Crippen LogP contribution < -0.4 is 14.9 Å². The molecule has 24 heteroatoms. The Morgan fingerprint density at radius 2 is 1.00 bits per heavy atom. The third-order valence-electron chi connectivity index (χ3n) is 11.7. The molecule has 10 heterocycles. The largest absolute Gasteiger partial charge is 0.619 e. The third kappa shape index (κ3) is 13.7. The van der Waals surface area contributed by atoms with E-state index in [-0.39, 0.29) is 22.3 Å². The molecule has 0 aliphatic heterocycles. The summed E-state index contributed by atoms with van der Waals surface area (Å²) in [6, 6.07) is 24.4. The first-order valence-corrected chi connectivity index (χ1v) is 25.8. The van der Waals surface area contributed by atoms with Gasteiger partial charge in [0.1, 0.15) is 11.6 Å². The SMILES string of the molecule is Cn1cc(-c2cc(-c3cc(-c4cc(Cl)ccc4F)nc4ncccc34)c[n+]([O-])c2)cn1.Cn1cc(-c2cc(Br)c[n+]([O-])c2)cn1.Cn1cc(-c2cncc(Br)c2)cn1.OB(O)c1cc(-c2cc(Cl)ccc2F)nc2ncccc12. The van der Waals surface area contributed by atoms with E-state index in [4.69, 9.17) is 23.2 Å². The summed E-state index contributed by atoms with van der Waals surface area (Å²) in [5, 5.41) is 56.9. The van der Waals surface area contributed by atoms with Gasteiger partial charge in [-0.05, 0) is 122 Å². The van der Waals surface area contributed by atoms with Crippen molar-refractivity contribution < 1.29 is 28.3 Å². The van der Waals surface area contributed by atoms with Crippen molar-refractivity contribution in [3.8, 4) is 67.0 Å². The van der Waals surface area contributed by atoms with E-state index in [1.54, 1.807) is 63.1 Å². The van der Waals surface area contributed by atoms with E-state index in [0.29, 0.717) is 49.1 Å². The minimum absolute atomic E-state index is 0.178. The fourth-order valence-corrected chi connectivity index (χ4v) is 9.23. The van der Waals surface area contributed by atoms with Crippen LogP contribution in [0.2, 0.25) is 10.0 Å². The zero-order valence-electron chi connectivity index (χ0n) is 41.6. The summed E-state index contributed by atoms with van der Waals surface area (Å²) in [7, 11) is 3.84. The molecular formula is C55H40BBr2Cl2F2N13O4. The smallest absolute Gasteiger partial charge is 0.489 e. The Kier molecular flexibility index (Phi) is 17.2. The van der Waals surface area contributed by atoms with Gasteiger partial charge in [-0.2, -0.15) is 24.8 Å². The van der Waals surface area contributed by atoms with E-state index in [1.807, 2.05) is 76.4 Å². The number of nitrogens with zero attached hydrogens (tertiary/aromatic N) is 13. The number of hydrogen-bond donors (Lipinski definition) is 2. The third-order valence-corrected chi connectivity index (χ3v) is 13.0. The van der Waals surface area contributed by atoms with Crippen molar-refractivity contribution >= 4 is 89.7 Å². The summed E-state index contributed by atoms with van der Waals surface area (Å²) in [5.74, 6) is -0.943. The molecule has 0 aliphatic carbocycles. The molecule has 12 rings (SSSR count). The lowest BCUT2D eigenvalue weighted by Crippen LogP contribution is -2.31. The predicted molar refractivity (Wildman–Crippen MR) is 306 cm³/mol. The van der Waals surface area contributed by atoms with E-state index < -0.39 is 18.8 Å². The van der Waals surface area contributed by atoms with E-state index in [0.717, 1.165) is 51.6 Å². The van der Waals surface area contributed by atoms with Crippen molar-refractivity contribution in [3.05, 3.63) is 219 Å². The van der Waals surface area contributed by atoms with Crippen molar-refractivity contribution in [1.82, 2.24) is 54.3 Å². The minimum atomic E-state index is -1.71. The zero-order valence-corrected chi connectivity index (χ0v) is 46.3. The van der Waals surface area contributed by atoms with Crippen LogP contribution in [0.3, 0.4) is 0 Å². The van der Waals surface area contributed by atoms with E-state index in [9.17, 15) is 29.2 Å². The molecule has 0 saturated carbocycles. The van der Waals surface area contributed by atoms with Crippen LogP contribution in [0.1, 0.15) is 0 Å². The summed E-state index contributed by atoms with van der Waals surface area (Å²) in [6.07, 6.45) is 23.6. The Morgan fingerprint density at radius 3 is 1.52 bits per heavy atom. The fourth-order valence-electron chi connectivity index (χ4n) is 8.07. The van der Waals surface area contributed by atoms with Crippen LogP contribution in [0.15, 0.2) is 187 Å². The number of rotatable bonds is 7. The summed E-state index contributed by atoms with van der Waals surface area (Å²) < 4.78 is 36.9. The number of aromatic nitrogens is 13. The summed E-state index contributed by atoms with van der Waals surface area (Å²) in [5.41, 5.74) is 8.84. The van der Waals surface area contributed by atoms with Crippen LogP contribution in [0.5, 0.6) is 0 Å². The lowest BCUT2D eigenvalue weighted by atomic mass is 9.78. The number of benzene rings is 2. The molecule has 0 spiro atoms. The summed E-state index contributed by atoms with van der Waals surface area (Å²) in [6.45, 7) is 0. The Hall–Kier alpha value is -8.38. The molecule has 0 atom stereocenters. The van der Waals surface area contributed by atoms with Crippen LogP contribution in [0.25, 0.3) is 89.1 Å².